The SMILES string of the molecule is CCOC(=O)CCC1(C)C(=O)Nc2nc(-c3nn(Cc4c(F)cccc4F)c4ncc(F)cc34)nc(N)c21. The van der Waals surface area contributed by atoms with Gasteiger partial charge in [-0.25, -0.2) is 32.8 Å². The third kappa shape index (κ3) is 4.19. The number of carbonyl (C=O) groups is 2. The van der Waals surface area contributed by atoms with E-state index >= 15 is 0 Å². The molecule has 196 valence electrons. The van der Waals surface area contributed by atoms with Crippen LogP contribution in [0.15, 0.2) is 30.5 Å². The summed E-state index contributed by atoms with van der Waals surface area (Å²) in [5, 5.41) is 7.23. The minimum Gasteiger partial charge on any atom is -0.466 e. The lowest BCUT2D eigenvalue weighted by atomic mass is 9.80. The number of aromatic nitrogens is 5. The third-order valence-corrected chi connectivity index (χ3v) is 6.49. The van der Waals surface area contributed by atoms with Crippen molar-refractivity contribution in [2.24, 2.45) is 0 Å². The van der Waals surface area contributed by atoms with Crippen molar-refractivity contribution in [1.29, 1.82) is 0 Å². The normalized spacial score (nSPS) is 16.5. The Kier molecular flexibility index (Phi) is 6.21. The highest BCUT2D eigenvalue weighted by atomic mass is 19.1. The Balaban J connectivity index is 1.58. The number of nitrogens with zero attached hydrogens (tertiary/aromatic N) is 5. The van der Waals surface area contributed by atoms with E-state index in [1.807, 2.05) is 0 Å². The van der Waals surface area contributed by atoms with Crippen molar-refractivity contribution in [3.8, 4) is 11.5 Å². The molecule has 38 heavy (non-hydrogen) atoms. The molecule has 1 aliphatic rings. The minimum atomic E-state index is -1.19. The molecule has 3 aromatic heterocycles. The second kappa shape index (κ2) is 9.39. The number of nitrogen functional groups attached to an aromatic ring is 1. The van der Waals surface area contributed by atoms with Gasteiger partial charge in [-0.05, 0) is 38.5 Å². The van der Waals surface area contributed by atoms with E-state index in [-0.39, 0.29) is 65.7 Å². The fourth-order valence-corrected chi connectivity index (χ4v) is 4.54. The molecule has 1 unspecified atom stereocenters. The van der Waals surface area contributed by atoms with Crippen molar-refractivity contribution < 1.29 is 27.5 Å². The van der Waals surface area contributed by atoms with E-state index in [1.54, 1.807) is 13.8 Å². The number of nitrogens with one attached hydrogen (secondary N) is 1. The Morgan fingerprint density at radius 3 is 2.66 bits per heavy atom. The molecule has 13 heteroatoms. The van der Waals surface area contributed by atoms with Crippen LogP contribution in [0, 0.1) is 17.5 Å². The molecule has 0 radical (unpaired) electrons. The first kappa shape index (κ1) is 25.1. The summed E-state index contributed by atoms with van der Waals surface area (Å²) in [6.45, 7) is 3.19. The van der Waals surface area contributed by atoms with Crippen LogP contribution in [-0.4, -0.2) is 43.2 Å². The minimum absolute atomic E-state index is 0.0228. The van der Waals surface area contributed by atoms with E-state index in [0.717, 1.165) is 24.4 Å². The maximum absolute atomic E-state index is 14.3. The van der Waals surface area contributed by atoms with Gasteiger partial charge in [-0.15, -0.1) is 0 Å². The number of rotatable bonds is 7. The molecule has 0 spiro atoms. The van der Waals surface area contributed by atoms with Gasteiger partial charge in [0.05, 0.1) is 35.7 Å². The predicted octanol–water partition coefficient (Wildman–Crippen LogP) is 3.49. The highest BCUT2D eigenvalue weighted by Crippen LogP contribution is 2.43. The summed E-state index contributed by atoms with van der Waals surface area (Å²) in [6.07, 6.45) is 1.04. The fourth-order valence-electron chi connectivity index (χ4n) is 4.54. The quantitative estimate of drug-likeness (QED) is 0.350. The molecule has 1 atom stereocenters. The van der Waals surface area contributed by atoms with Gasteiger partial charge in [0, 0.05) is 12.0 Å². The largest absolute Gasteiger partial charge is 0.466 e. The third-order valence-electron chi connectivity index (χ3n) is 6.49. The first-order valence-corrected chi connectivity index (χ1v) is 11.7. The standard InChI is InChI=1S/C25H22F3N7O3/c1-3-38-17(36)7-8-25(2)18-20(29)31-22(32-21(18)33-24(25)37)19-13-9-12(26)10-30-23(13)35(34-19)11-14-15(27)5-4-6-16(14)28/h4-6,9-10H,3,7-8,11H2,1-2H3,(H3,29,31,32,33,37). The number of esters is 1. The van der Waals surface area contributed by atoms with Crippen molar-refractivity contribution in [3.63, 3.8) is 0 Å². The molecular formula is C25H22F3N7O3. The highest BCUT2D eigenvalue weighted by Gasteiger charge is 2.46. The number of fused-ring (bicyclic) bond motifs is 2. The number of hydrogen-bond acceptors (Lipinski definition) is 8. The van der Waals surface area contributed by atoms with Crippen LogP contribution in [-0.2, 0) is 26.3 Å². The Hall–Kier alpha value is -4.55. The molecule has 3 N–H and O–H groups in total. The van der Waals surface area contributed by atoms with Crippen LogP contribution in [0.5, 0.6) is 0 Å². The van der Waals surface area contributed by atoms with Crippen molar-refractivity contribution in [2.45, 2.75) is 38.6 Å². The average Bonchev–Trinajstić information content (AvgIpc) is 3.34. The summed E-state index contributed by atoms with van der Waals surface area (Å²) in [5.74, 6) is -3.08. The molecule has 0 saturated heterocycles. The predicted molar refractivity (Wildman–Crippen MR) is 130 cm³/mol. The summed E-state index contributed by atoms with van der Waals surface area (Å²) in [4.78, 5) is 37.6. The molecule has 0 saturated carbocycles. The second-order valence-corrected chi connectivity index (χ2v) is 8.98. The summed E-state index contributed by atoms with van der Waals surface area (Å²) in [6, 6.07) is 4.62. The maximum atomic E-state index is 14.3. The average molecular weight is 525 g/mol. The van der Waals surface area contributed by atoms with Crippen LogP contribution >= 0.6 is 0 Å². The Morgan fingerprint density at radius 2 is 1.95 bits per heavy atom. The number of pyridine rings is 1. The zero-order valence-electron chi connectivity index (χ0n) is 20.4. The van der Waals surface area contributed by atoms with Crippen LogP contribution < -0.4 is 11.1 Å². The molecule has 4 aromatic rings. The van der Waals surface area contributed by atoms with Gasteiger partial charge in [-0.2, -0.15) is 5.10 Å². The van der Waals surface area contributed by atoms with Crippen LogP contribution in [0.25, 0.3) is 22.6 Å². The molecule has 4 heterocycles. The number of anilines is 2. The Morgan fingerprint density at radius 1 is 1.21 bits per heavy atom. The van der Waals surface area contributed by atoms with E-state index in [2.05, 4.69) is 25.4 Å². The van der Waals surface area contributed by atoms with Gasteiger partial charge >= 0.3 is 5.97 Å². The number of benzene rings is 1. The number of hydrogen-bond donors (Lipinski definition) is 2. The van der Waals surface area contributed by atoms with Gasteiger partial charge in [-0.3, -0.25) is 9.59 Å². The molecular weight excluding hydrogens is 503 g/mol. The van der Waals surface area contributed by atoms with Crippen LogP contribution in [0.1, 0.15) is 37.8 Å². The number of carbonyl (C=O) groups excluding carboxylic acids is 2. The Labute approximate surface area is 214 Å². The van der Waals surface area contributed by atoms with Crippen LogP contribution in [0.3, 0.4) is 0 Å². The van der Waals surface area contributed by atoms with Crippen molar-refractivity contribution in [1.82, 2.24) is 24.7 Å². The van der Waals surface area contributed by atoms with E-state index in [1.165, 1.54) is 10.7 Å². The van der Waals surface area contributed by atoms with Gasteiger partial charge in [0.15, 0.2) is 11.5 Å². The molecule has 10 nitrogen and oxygen atoms in total. The number of halogens is 3. The van der Waals surface area contributed by atoms with Crippen molar-refractivity contribution in [3.05, 3.63) is 59.0 Å². The van der Waals surface area contributed by atoms with Gasteiger partial charge in [0.1, 0.15) is 34.8 Å². The monoisotopic (exact) mass is 525 g/mol. The second-order valence-electron chi connectivity index (χ2n) is 8.98. The summed E-state index contributed by atoms with van der Waals surface area (Å²) in [7, 11) is 0. The number of ether oxygens (including phenoxy) is 1. The lowest BCUT2D eigenvalue weighted by molar-refractivity contribution is -0.143. The first-order valence-electron chi connectivity index (χ1n) is 11.7. The number of amides is 1. The number of nitrogens with two attached hydrogens (primary N) is 1. The van der Waals surface area contributed by atoms with Gasteiger partial charge < -0.3 is 15.8 Å². The topological polar surface area (TPSA) is 138 Å². The van der Waals surface area contributed by atoms with Gasteiger partial charge in [0.25, 0.3) is 0 Å². The molecule has 5 rings (SSSR count). The highest BCUT2D eigenvalue weighted by molar-refractivity contribution is 6.07. The van der Waals surface area contributed by atoms with E-state index in [9.17, 15) is 22.8 Å². The van der Waals surface area contributed by atoms with E-state index in [0.29, 0.717) is 5.56 Å². The Bertz CT molecular complexity index is 1590. The lowest BCUT2D eigenvalue weighted by Gasteiger charge is -2.22. The lowest BCUT2D eigenvalue weighted by Crippen LogP contribution is -2.32. The van der Waals surface area contributed by atoms with Crippen molar-refractivity contribution >= 4 is 34.5 Å². The zero-order chi connectivity index (χ0) is 27.2. The molecule has 0 fully saturated rings. The fraction of sp³-hybridized carbons (Fsp3) is 0.280. The van der Waals surface area contributed by atoms with E-state index < -0.39 is 34.7 Å². The van der Waals surface area contributed by atoms with Gasteiger partial charge in [0.2, 0.25) is 5.91 Å². The molecule has 1 aromatic carbocycles. The molecule has 0 bridgehead atoms. The van der Waals surface area contributed by atoms with Gasteiger partial charge in [-0.1, -0.05) is 6.07 Å². The van der Waals surface area contributed by atoms with Crippen molar-refractivity contribution in [2.75, 3.05) is 17.7 Å². The van der Waals surface area contributed by atoms with Crippen LogP contribution in [0.4, 0.5) is 24.8 Å². The summed E-state index contributed by atoms with van der Waals surface area (Å²) < 4.78 is 49.0. The smallest absolute Gasteiger partial charge is 0.305 e. The molecule has 1 aliphatic heterocycles. The zero-order valence-corrected chi connectivity index (χ0v) is 20.4. The molecule has 0 aliphatic carbocycles. The maximum Gasteiger partial charge on any atom is 0.305 e. The summed E-state index contributed by atoms with van der Waals surface area (Å²) >= 11 is 0. The molecule has 1 amide bonds. The summed E-state index contributed by atoms with van der Waals surface area (Å²) in [5.41, 5.74) is 5.33. The van der Waals surface area contributed by atoms with Crippen LogP contribution in [0.2, 0.25) is 0 Å². The first-order chi connectivity index (χ1) is 18.1. The van der Waals surface area contributed by atoms with E-state index in [4.69, 9.17) is 10.5 Å².